The first kappa shape index (κ1) is 33.6. The van der Waals surface area contributed by atoms with Gasteiger partial charge in [0, 0.05) is 12.1 Å². The summed E-state index contributed by atoms with van der Waals surface area (Å²) in [7, 11) is 0. The smallest absolute Gasteiger partial charge is 0.406 e. The molecule has 0 radical (unpaired) electrons. The lowest BCUT2D eigenvalue weighted by atomic mass is 9.85. The van der Waals surface area contributed by atoms with E-state index >= 15 is 0 Å². The van der Waals surface area contributed by atoms with Crippen LogP contribution in [0.3, 0.4) is 0 Å². The van der Waals surface area contributed by atoms with Crippen LogP contribution < -0.4 is 15.0 Å². The molecule has 0 spiro atoms. The molecule has 14 heteroatoms. The molecule has 5 rings (SSSR count). The van der Waals surface area contributed by atoms with Crippen LogP contribution in [0.1, 0.15) is 44.7 Å². The van der Waals surface area contributed by atoms with Crippen LogP contribution >= 0.6 is 11.8 Å². The number of thioether (sulfide) groups is 1. The highest BCUT2D eigenvalue weighted by Crippen LogP contribution is 2.34. The van der Waals surface area contributed by atoms with Crippen LogP contribution in [0.5, 0.6) is 5.75 Å². The van der Waals surface area contributed by atoms with Gasteiger partial charge < -0.3 is 10.1 Å². The van der Waals surface area contributed by atoms with Crippen LogP contribution in [-0.2, 0) is 11.2 Å². The predicted molar refractivity (Wildman–Crippen MR) is 172 cm³/mol. The van der Waals surface area contributed by atoms with Crippen molar-refractivity contribution >= 4 is 34.6 Å². The standard InChI is InChI=1S/C33H32F4N6O3S/c1-20(2)26-15-23(34)9-14-27(26)43-28(44)17-47-31(43)40-30(45)38-18-32(3,4)16-21-5-7-22(8-6-21)29-39-19-42(41-29)24-10-12-25(13-11-24)46-33(35,36)37/h5-15,19-20H,16-18H2,1-4H3,(H,38,45). The SMILES string of the molecule is CC(C)c1cc(F)ccc1N1C(=O)CSC1=NC(=O)NCC(C)(C)Cc1ccc(-c2ncn(-c3ccc(OC(F)(F)F)cc3)n2)cc1. The molecule has 1 N–H and O–H groups in total. The Morgan fingerprint density at radius 3 is 2.43 bits per heavy atom. The maximum atomic E-state index is 13.9. The fourth-order valence-corrected chi connectivity index (χ4v) is 5.88. The number of rotatable bonds is 9. The van der Waals surface area contributed by atoms with E-state index < -0.39 is 18.2 Å². The minimum absolute atomic E-state index is 0.0474. The number of urea groups is 1. The molecule has 9 nitrogen and oxygen atoms in total. The number of aliphatic imine (C=N–C) groups is 1. The van der Waals surface area contributed by atoms with E-state index in [1.807, 2.05) is 52.0 Å². The number of ether oxygens (including phenoxy) is 1. The maximum absolute atomic E-state index is 13.9. The average molecular weight is 669 g/mol. The van der Waals surface area contributed by atoms with Gasteiger partial charge in [-0.3, -0.25) is 9.69 Å². The minimum atomic E-state index is -4.77. The average Bonchev–Trinajstić information content (AvgIpc) is 3.63. The highest BCUT2D eigenvalue weighted by Gasteiger charge is 2.33. The molecule has 0 saturated carbocycles. The molecular weight excluding hydrogens is 636 g/mol. The number of hydrogen-bond donors (Lipinski definition) is 1. The van der Waals surface area contributed by atoms with Crippen LogP contribution in [0, 0.1) is 11.2 Å². The Morgan fingerprint density at radius 2 is 1.77 bits per heavy atom. The molecule has 47 heavy (non-hydrogen) atoms. The number of anilines is 1. The Balaban J connectivity index is 1.19. The summed E-state index contributed by atoms with van der Waals surface area (Å²) in [6.45, 7) is 8.14. The Kier molecular flexibility index (Phi) is 9.70. The molecule has 246 valence electrons. The molecule has 1 aromatic heterocycles. The molecule has 2 heterocycles. The molecule has 1 saturated heterocycles. The highest BCUT2D eigenvalue weighted by atomic mass is 32.2. The first-order chi connectivity index (χ1) is 22.2. The molecule has 4 aromatic rings. The van der Waals surface area contributed by atoms with Crippen LogP contribution in [0.15, 0.2) is 78.0 Å². The molecule has 3 aromatic carbocycles. The third kappa shape index (κ3) is 8.56. The zero-order valence-electron chi connectivity index (χ0n) is 26.0. The number of hydrogen-bond acceptors (Lipinski definition) is 6. The summed E-state index contributed by atoms with van der Waals surface area (Å²) < 4.78 is 56.6. The van der Waals surface area contributed by atoms with Crippen LogP contribution in [0.4, 0.5) is 28.0 Å². The largest absolute Gasteiger partial charge is 0.573 e. The van der Waals surface area contributed by atoms with Gasteiger partial charge in [0.1, 0.15) is 17.9 Å². The second kappa shape index (κ2) is 13.6. The molecule has 1 aliphatic heterocycles. The van der Waals surface area contributed by atoms with Crippen molar-refractivity contribution in [2.24, 2.45) is 10.4 Å². The van der Waals surface area contributed by atoms with Gasteiger partial charge in [-0.05, 0) is 71.3 Å². The molecule has 1 aliphatic rings. The summed E-state index contributed by atoms with van der Waals surface area (Å²) in [5.74, 6) is -0.431. The molecule has 0 bridgehead atoms. The van der Waals surface area contributed by atoms with Crippen molar-refractivity contribution in [2.45, 2.75) is 46.4 Å². The second-order valence-corrected chi connectivity index (χ2v) is 13.0. The van der Waals surface area contributed by atoms with Gasteiger partial charge in [0.15, 0.2) is 11.0 Å². The van der Waals surface area contributed by atoms with E-state index in [0.717, 1.165) is 22.9 Å². The highest BCUT2D eigenvalue weighted by molar-refractivity contribution is 8.15. The number of nitrogens with one attached hydrogen (secondary N) is 1. The van der Waals surface area contributed by atoms with Crippen molar-refractivity contribution in [1.29, 1.82) is 0 Å². The molecular formula is C33H32F4N6O3S. The second-order valence-electron chi connectivity index (χ2n) is 12.0. The first-order valence-corrected chi connectivity index (χ1v) is 15.6. The summed E-state index contributed by atoms with van der Waals surface area (Å²) in [6, 6.07) is 16.6. The number of alkyl halides is 3. The molecule has 0 aliphatic carbocycles. The van der Waals surface area contributed by atoms with Gasteiger partial charge in [-0.2, -0.15) is 4.99 Å². The van der Waals surface area contributed by atoms with Gasteiger partial charge in [-0.15, -0.1) is 18.3 Å². The van der Waals surface area contributed by atoms with E-state index in [1.165, 1.54) is 58.4 Å². The van der Waals surface area contributed by atoms with Gasteiger partial charge in [0.2, 0.25) is 5.91 Å². The van der Waals surface area contributed by atoms with Crippen LogP contribution in [-0.4, -0.2) is 50.5 Å². The number of amidine groups is 1. The normalized spacial score (nSPS) is 14.7. The van der Waals surface area contributed by atoms with Gasteiger partial charge in [0.25, 0.3) is 0 Å². The van der Waals surface area contributed by atoms with Crippen molar-refractivity contribution in [1.82, 2.24) is 20.1 Å². The lowest BCUT2D eigenvalue weighted by Crippen LogP contribution is -2.36. The summed E-state index contributed by atoms with van der Waals surface area (Å²) in [6.07, 6.45) is -2.66. The summed E-state index contributed by atoms with van der Waals surface area (Å²) in [5.41, 5.74) is 3.10. The third-order valence-electron chi connectivity index (χ3n) is 7.25. The Bertz CT molecular complexity index is 1790. The van der Waals surface area contributed by atoms with Crippen LogP contribution in [0.2, 0.25) is 0 Å². The van der Waals surface area contributed by atoms with E-state index in [4.69, 9.17) is 0 Å². The number of aromatic nitrogens is 3. The Hall–Kier alpha value is -4.72. The third-order valence-corrected chi connectivity index (χ3v) is 8.18. The fraction of sp³-hybridized carbons (Fsp3) is 0.303. The van der Waals surface area contributed by atoms with E-state index in [-0.39, 0.29) is 33.9 Å². The van der Waals surface area contributed by atoms with E-state index in [2.05, 4.69) is 25.1 Å². The Morgan fingerprint density at radius 1 is 1.06 bits per heavy atom. The Labute approximate surface area is 273 Å². The predicted octanol–water partition coefficient (Wildman–Crippen LogP) is 7.51. The summed E-state index contributed by atoms with van der Waals surface area (Å²) >= 11 is 1.16. The van der Waals surface area contributed by atoms with Crippen molar-refractivity contribution in [3.8, 4) is 22.8 Å². The van der Waals surface area contributed by atoms with Crippen molar-refractivity contribution < 1.29 is 31.9 Å². The maximum Gasteiger partial charge on any atom is 0.573 e. The molecule has 1 fully saturated rings. The van der Waals surface area contributed by atoms with Gasteiger partial charge in [0.05, 0.1) is 17.1 Å². The van der Waals surface area contributed by atoms with E-state index in [1.54, 1.807) is 0 Å². The van der Waals surface area contributed by atoms with Crippen LogP contribution in [0.25, 0.3) is 17.1 Å². The van der Waals surface area contributed by atoms with Gasteiger partial charge in [-0.25, -0.2) is 18.9 Å². The molecule has 0 unspecified atom stereocenters. The molecule has 0 atom stereocenters. The number of benzene rings is 3. The first-order valence-electron chi connectivity index (χ1n) is 14.7. The lowest BCUT2D eigenvalue weighted by Gasteiger charge is -2.25. The number of amides is 3. The van der Waals surface area contributed by atoms with Crippen molar-refractivity contribution in [3.05, 3.63) is 90.0 Å². The van der Waals surface area contributed by atoms with Gasteiger partial charge in [-0.1, -0.05) is 63.7 Å². The number of halogens is 4. The lowest BCUT2D eigenvalue weighted by molar-refractivity contribution is -0.274. The summed E-state index contributed by atoms with van der Waals surface area (Å²) in [5, 5.41) is 7.53. The number of carbonyl (C=O) groups excluding carboxylic acids is 2. The summed E-state index contributed by atoms with van der Waals surface area (Å²) in [4.78, 5) is 35.5. The van der Waals surface area contributed by atoms with Gasteiger partial charge >= 0.3 is 12.4 Å². The minimum Gasteiger partial charge on any atom is -0.406 e. The van der Waals surface area contributed by atoms with Crippen molar-refractivity contribution in [2.75, 3.05) is 17.2 Å². The quantitative estimate of drug-likeness (QED) is 0.185. The zero-order valence-corrected chi connectivity index (χ0v) is 26.8. The number of nitrogens with zero attached hydrogens (tertiary/aromatic N) is 5. The number of carbonyl (C=O) groups is 2. The zero-order chi connectivity index (χ0) is 33.9. The van der Waals surface area contributed by atoms with Crippen molar-refractivity contribution in [3.63, 3.8) is 0 Å². The van der Waals surface area contributed by atoms with E-state index in [0.29, 0.717) is 35.7 Å². The molecule has 3 amide bonds. The fourth-order valence-electron chi connectivity index (χ4n) is 5.02. The van der Waals surface area contributed by atoms with E-state index in [9.17, 15) is 27.2 Å². The topological polar surface area (TPSA) is 102 Å². The monoisotopic (exact) mass is 668 g/mol.